The highest BCUT2D eigenvalue weighted by atomic mass is 19.1. The number of carbonyl (C=O) groups is 4. The van der Waals surface area contributed by atoms with Crippen LogP contribution in [0.5, 0.6) is 0 Å². The number of hydrogen-bond acceptors (Lipinski definition) is 7. The van der Waals surface area contributed by atoms with Crippen LogP contribution >= 0.6 is 0 Å². The fraction of sp³-hybridized carbons (Fsp3) is 0.439. The first-order chi connectivity index (χ1) is 25.5. The van der Waals surface area contributed by atoms with Crippen molar-refractivity contribution in [1.82, 2.24) is 35.3 Å². The van der Waals surface area contributed by atoms with Gasteiger partial charge in [0.25, 0.3) is 0 Å². The quantitative estimate of drug-likeness (QED) is 0.242. The van der Waals surface area contributed by atoms with Gasteiger partial charge in [0.2, 0.25) is 17.7 Å². The zero-order chi connectivity index (χ0) is 37.4. The van der Waals surface area contributed by atoms with Gasteiger partial charge in [-0.3, -0.25) is 23.9 Å². The Morgan fingerprint density at radius 2 is 1.72 bits per heavy atom. The van der Waals surface area contributed by atoms with Crippen LogP contribution in [0, 0.1) is 18.3 Å². The summed E-state index contributed by atoms with van der Waals surface area (Å²) in [6.45, 7) is 6.84. The molecule has 4 atom stereocenters. The zero-order valence-electron chi connectivity index (χ0n) is 30.7. The van der Waals surface area contributed by atoms with E-state index in [1.54, 1.807) is 28.9 Å². The lowest BCUT2D eigenvalue weighted by molar-refractivity contribution is -0.140. The molecule has 2 aromatic carbocycles. The predicted octanol–water partition coefficient (Wildman–Crippen LogP) is 5.75. The third kappa shape index (κ3) is 6.98. The fourth-order valence-electron chi connectivity index (χ4n) is 8.49. The lowest BCUT2D eigenvalue weighted by atomic mass is 9.95. The first kappa shape index (κ1) is 36.1. The summed E-state index contributed by atoms with van der Waals surface area (Å²) in [7, 11) is 0. The largest absolute Gasteiger partial charge is 0.355 e. The molecule has 3 aliphatic rings. The number of benzene rings is 2. The summed E-state index contributed by atoms with van der Waals surface area (Å²) in [4.78, 5) is 64.9. The monoisotopic (exact) mass is 719 g/mol. The molecule has 2 aromatic heterocycles. The number of aromatic nitrogens is 4. The van der Waals surface area contributed by atoms with Gasteiger partial charge >= 0.3 is 0 Å². The highest BCUT2D eigenvalue weighted by Gasteiger charge is 2.72. The molecule has 4 heterocycles. The normalized spacial score (nSPS) is 23.9. The summed E-state index contributed by atoms with van der Waals surface area (Å²) in [5.41, 5.74) is 4.22. The second kappa shape index (κ2) is 14.6. The highest BCUT2D eigenvalue weighted by molar-refractivity contribution is 6.07. The molecular formula is C41H46FN7O4. The molecular weight excluding hydrogens is 673 g/mol. The third-order valence-electron chi connectivity index (χ3n) is 11.6. The molecule has 2 aliphatic heterocycles. The number of allylic oxidation sites excluding steroid dienone is 1. The molecule has 7 rings (SSSR count). The fourth-order valence-corrected chi connectivity index (χ4v) is 8.49. The van der Waals surface area contributed by atoms with Crippen LogP contribution in [-0.2, 0) is 27.3 Å². The van der Waals surface area contributed by atoms with Crippen molar-refractivity contribution in [1.29, 1.82) is 0 Å². The summed E-state index contributed by atoms with van der Waals surface area (Å²) in [5.74, 6) is -0.826. The lowest BCUT2D eigenvalue weighted by Gasteiger charge is -2.28. The molecule has 1 saturated carbocycles. The Morgan fingerprint density at radius 1 is 1.00 bits per heavy atom. The van der Waals surface area contributed by atoms with E-state index in [0.717, 1.165) is 47.9 Å². The van der Waals surface area contributed by atoms with Crippen LogP contribution in [0.25, 0.3) is 27.6 Å². The van der Waals surface area contributed by atoms with Crippen molar-refractivity contribution in [2.24, 2.45) is 11.3 Å². The first-order valence-electron chi connectivity index (χ1n) is 18.6. The Morgan fingerprint density at radius 3 is 2.43 bits per heavy atom. The van der Waals surface area contributed by atoms with E-state index in [0.29, 0.717) is 48.1 Å². The smallest absolute Gasteiger partial charge is 0.245 e. The number of ketones is 1. The van der Waals surface area contributed by atoms with Gasteiger partial charge in [-0.1, -0.05) is 50.1 Å². The average molecular weight is 720 g/mol. The van der Waals surface area contributed by atoms with Gasteiger partial charge in [-0.25, -0.2) is 14.4 Å². The summed E-state index contributed by atoms with van der Waals surface area (Å²) < 4.78 is 17.0. The average Bonchev–Trinajstić information content (AvgIpc) is 3.41. The Balaban J connectivity index is 1.25. The number of amides is 3. The number of aryl methyl sites for hydroxylation is 2. The highest BCUT2D eigenvalue weighted by Crippen LogP contribution is 2.64. The topological polar surface area (TPSA) is 139 Å². The molecule has 0 radical (unpaired) electrons. The van der Waals surface area contributed by atoms with Crippen LogP contribution in [0.4, 0.5) is 4.39 Å². The van der Waals surface area contributed by atoms with Crippen molar-refractivity contribution >= 4 is 40.0 Å². The van der Waals surface area contributed by atoms with Crippen LogP contribution in [0.2, 0.25) is 0 Å². The third-order valence-corrected chi connectivity index (χ3v) is 11.6. The minimum atomic E-state index is -0.869. The van der Waals surface area contributed by atoms with Gasteiger partial charge in [-0.2, -0.15) is 5.10 Å². The van der Waals surface area contributed by atoms with Crippen LogP contribution in [0.1, 0.15) is 86.7 Å². The van der Waals surface area contributed by atoms with Crippen LogP contribution in [-0.4, -0.2) is 73.3 Å². The Labute approximate surface area is 308 Å². The van der Waals surface area contributed by atoms with Crippen molar-refractivity contribution in [2.45, 2.75) is 91.3 Å². The van der Waals surface area contributed by atoms with Gasteiger partial charge in [-0.15, -0.1) is 0 Å². The number of rotatable bonds is 6. The molecule has 53 heavy (non-hydrogen) atoms. The van der Waals surface area contributed by atoms with Crippen molar-refractivity contribution in [2.75, 3.05) is 13.1 Å². The van der Waals surface area contributed by atoms with Crippen LogP contribution < -0.4 is 10.6 Å². The van der Waals surface area contributed by atoms with E-state index in [1.807, 2.05) is 50.2 Å². The van der Waals surface area contributed by atoms with E-state index in [4.69, 9.17) is 5.10 Å². The molecule has 2 unspecified atom stereocenters. The second-order valence-electron chi connectivity index (χ2n) is 14.9. The molecule has 276 valence electrons. The number of piperidine rings is 1. The van der Waals surface area contributed by atoms with Gasteiger partial charge in [0.1, 0.15) is 29.9 Å². The summed E-state index contributed by atoms with van der Waals surface area (Å²) in [5, 5.41) is 11.2. The molecule has 2 bridgehead atoms. The predicted molar refractivity (Wildman–Crippen MR) is 199 cm³/mol. The number of Topliss-reactive ketones (excluding diaryl/α,β-unsaturated/α-hetero) is 1. The molecule has 0 spiro atoms. The number of halogens is 1. The van der Waals surface area contributed by atoms with Crippen molar-refractivity contribution in [3.8, 4) is 11.1 Å². The Kier molecular flexibility index (Phi) is 9.97. The number of nitrogens with zero attached hydrogens (tertiary/aromatic N) is 5. The molecule has 12 heteroatoms. The van der Waals surface area contributed by atoms with E-state index in [2.05, 4.69) is 26.7 Å². The van der Waals surface area contributed by atoms with Gasteiger partial charge in [-0.05, 0) is 79.8 Å². The Bertz CT molecular complexity index is 2110. The van der Waals surface area contributed by atoms with E-state index in [-0.39, 0.29) is 48.3 Å². The number of hydrogen-bond donors (Lipinski definition) is 2. The van der Waals surface area contributed by atoms with Crippen LogP contribution in [0.15, 0.2) is 60.7 Å². The summed E-state index contributed by atoms with van der Waals surface area (Å²) >= 11 is 0. The minimum absolute atomic E-state index is 0.0311. The van der Waals surface area contributed by atoms with Crippen molar-refractivity contribution < 1.29 is 23.6 Å². The van der Waals surface area contributed by atoms with Crippen LogP contribution in [0.3, 0.4) is 0 Å². The molecule has 2 fully saturated rings. The maximum absolute atomic E-state index is 15.3. The maximum Gasteiger partial charge on any atom is 0.245 e. The summed E-state index contributed by atoms with van der Waals surface area (Å²) in [6.07, 6.45) is 8.30. The van der Waals surface area contributed by atoms with E-state index < -0.39 is 23.2 Å². The van der Waals surface area contributed by atoms with Gasteiger partial charge in [0, 0.05) is 54.7 Å². The lowest BCUT2D eigenvalue weighted by Crippen LogP contribution is -2.50. The minimum Gasteiger partial charge on any atom is -0.355 e. The first-order valence-corrected chi connectivity index (χ1v) is 18.6. The molecule has 11 nitrogen and oxygen atoms in total. The van der Waals surface area contributed by atoms with Gasteiger partial charge < -0.3 is 15.5 Å². The van der Waals surface area contributed by atoms with E-state index >= 15 is 4.39 Å². The maximum atomic E-state index is 15.3. The van der Waals surface area contributed by atoms with Gasteiger partial charge in [0.15, 0.2) is 5.78 Å². The number of carbonyl (C=O) groups excluding carboxylic acids is 4. The molecule has 1 aliphatic carbocycles. The van der Waals surface area contributed by atoms with E-state index in [1.165, 1.54) is 6.92 Å². The SMILES string of the molecule is CC(=O)c1nn2c3c(cc(-c4cnc(C)nc4)cc13)CCCCCCC(=O)NC[C@@]13C[C@@H](C(=O)NC/C(F)=C(/C)c4ccccc4)N(C(=O)C2)C1C3C. The Hall–Kier alpha value is -5.26. The van der Waals surface area contributed by atoms with Crippen molar-refractivity contribution in [3.63, 3.8) is 0 Å². The van der Waals surface area contributed by atoms with E-state index in [9.17, 15) is 19.2 Å². The zero-order valence-corrected chi connectivity index (χ0v) is 30.7. The standard InChI is InChI=1S/C41H46FN7O4/c1-24(28-12-9-7-10-13-28)33(42)21-45-40(53)34-18-41-23-46-35(51)15-11-6-5-8-14-29-16-30(31-19-43-27(4)44-20-31)17-32-37(26(3)50)47-48(38(29)32)22-36(52)49(34)39(41)25(41)2/h7,9-10,12-13,16-17,19-20,25,34,39H,5-6,8,11,14-15,18,21-23H2,1-4H3,(H,45,53)(H,46,51)/b33-24+/t25?,34-,39?,41+/m0/s1. The van der Waals surface area contributed by atoms with Crippen molar-refractivity contribution in [3.05, 3.63) is 83.3 Å². The molecule has 4 aromatic rings. The molecule has 1 saturated heterocycles. The summed E-state index contributed by atoms with van der Waals surface area (Å²) in [6, 6.07) is 11.9. The number of nitrogens with one attached hydrogen (secondary N) is 2. The van der Waals surface area contributed by atoms with Gasteiger partial charge in [0.05, 0.1) is 12.1 Å². The molecule has 2 N–H and O–H groups in total. The molecule has 3 amide bonds. The second-order valence-corrected chi connectivity index (χ2v) is 14.9.